The van der Waals surface area contributed by atoms with Crippen molar-refractivity contribution < 1.29 is 0 Å². The molecule has 0 radical (unpaired) electrons. The van der Waals surface area contributed by atoms with Crippen molar-refractivity contribution in [2.24, 2.45) is 5.92 Å². The van der Waals surface area contributed by atoms with Gasteiger partial charge < -0.3 is 5.32 Å². The van der Waals surface area contributed by atoms with E-state index >= 15 is 0 Å². The molecule has 2 aliphatic rings. The van der Waals surface area contributed by atoms with Gasteiger partial charge in [-0.3, -0.25) is 4.90 Å². The van der Waals surface area contributed by atoms with Crippen LogP contribution in [0.4, 0.5) is 0 Å². The molecule has 0 saturated carbocycles. The third-order valence-electron chi connectivity index (χ3n) is 4.28. The molecule has 3 unspecified atom stereocenters. The average molecular weight is 251 g/mol. The molecule has 3 atom stereocenters. The molecule has 3 heterocycles. The van der Waals surface area contributed by atoms with Gasteiger partial charge in [0.1, 0.15) is 0 Å². The molecule has 0 bridgehead atoms. The van der Waals surface area contributed by atoms with Gasteiger partial charge in [-0.05, 0) is 45.7 Å². The minimum Gasteiger partial charge on any atom is -0.315 e. The van der Waals surface area contributed by atoms with Gasteiger partial charge in [0.15, 0.2) is 0 Å². The van der Waals surface area contributed by atoms with Crippen molar-refractivity contribution in [3.05, 3.63) is 16.1 Å². The Morgan fingerprint density at radius 3 is 3.18 bits per heavy atom. The fraction of sp³-hybridized carbons (Fsp3) is 0.769. The van der Waals surface area contributed by atoms with Gasteiger partial charge in [0.25, 0.3) is 0 Å². The van der Waals surface area contributed by atoms with Crippen LogP contribution in [0.3, 0.4) is 0 Å². The van der Waals surface area contributed by atoms with E-state index in [4.69, 9.17) is 0 Å². The molecule has 4 heteroatoms. The molecule has 1 N–H and O–H groups in total. The topological polar surface area (TPSA) is 28.2 Å². The predicted octanol–water partition coefficient (Wildman–Crippen LogP) is 2.20. The lowest BCUT2D eigenvalue weighted by molar-refractivity contribution is 0.0831. The van der Waals surface area contributed by atoms with Gasteiger partial charge in [0.2, 0.25) is 0 Å². The van der Waals surface area contributed by atoms with Crippen LogP contribution in [-0.2, 0) is 0 Å². The smallest absolute Gasteiger partial charge is 0.0898 e. The number of thiazole rings is 1. The van der Waals surface area contributed by atoms with E-state index in [0.717, 1.165) is 18.5 Å². The van der Waals surface area contributed by atoms with Crippen molar-refractivity contribution in [2.45, 2.75) is 38.8 Å². The third-order valence-corrected chi connectivity index (χ3v) is 5.08. The molecule has 0 aliphatic carbocycles. The third kappa shape index (κ3) is 2.14. The van der Waals surface area contributed by atoms with Crippen LogP contribution in [0.25, 0.3) is 0 Å². The summed E-state index contributed by atoms with van der Waals surface area (Å²) in [6.07, 6.45) is 2.74. The molecule has 3 nitrogen and oxygen atoms in total. The second-order valence-corrected chi connectivity index (χ2v) is 6.40. The molecule has 0 amide bonds. The van der Waals surface area contributed by atoms with Gasteiger partial charge in [0.05, 0.1) is 16.7 Å². The highest BCUT2D eigenvalue weighted by Gasteiger charge is 2.37. The van der Waals surface area contributed by atoms with Crippen molar-refractivity contribution in [1.82, 2.24) is 15.2 Å². The second kappa shape index (κ2) is 4.67. The number of aryl methyl sites for hydroxylation is 1. The van der Waals surface area contributed by atoms with Crippen LogP contribution in [0.15, 0.2) is 5.38 Å². The fourth-order valence-electron chi connectivity index (χ4n) is 3.33. The summed E-state index contributed by atoms with van der Waals surface area (Å²) in [6, 6.07) is 1.22. The predicted molar refractivity (Wildman–Crippen MR) is 71.4 cm³/mol. The summed E-state index contributed by atoms with van der Waals surface area (Å²) in [5.74, 6) is 0.867. The number of fused-ring (bicyclic) bond motifs is 1. The lowest BCUT2D eigenvalue weighted by Gasteiger charge is -2.40. The van der Waals surface area contributed by atoms with Gasteiger partial charge in [-0.25, -0.2) is 4.98 Å². The standard InChI is InChI=1S/C13H21N3S/c1-9(12-8-17-10(2)15-12)16-5-3-4-11-6-14-7-13(11)16/h8-9,11,13-14H,3-7H2,1-2H3. The van der Waals surface area contributed by atoms with Crippen LogP contribution in [0.2, 0.25) is 0 Å². The highest BCUT2D eigenvalue weighted by molar-refractivity contribution is 7.09. The van der Waals surface area contributed by atoms with Crippen molar-refractivity contribution in [2.75, 3.05) is 19.6 Å². The number of hydrogen-bond donors (Lipinski definition) is 1. The summed E-state index contributed by atoms with van der Waals surface area (Å²) in [7, 11) is 0. The number of piperidine rings is 1. The Morgan fingerprint density at radius 2 is 2.41 bits per heavy atom. The Labute approximate surface area is 107 Å². The molecule has 17 heavy (non-hydrogen) atoms. The van der Waals surface area contributed by atoms with Crippen LogP contribution in [0.1, 0.15) is 36.5 Å². The van der Waals surface area contributed by atoms with E-state index in [-0.39, 0.29) is 0 Å². The quantitative estimate of drug-likeness (QED) is 0.873. The first kappa shape index (κ1) is 11.6. The lowest BCUT2D eigenvalue weighted by atomic mass is 9.90. The fourth-order valence-corrected chi connectivity index (χ4v) is 4.03. The Balaban J connectivity index is 1.78. The first-order valence-corrected chi connectivity index (χ1v) is 7.52. The van der Waals surface area contributed by atoms with E-state index in [9.17, 15) is 0 Å². The van der Waals surface area contributed by atoms with Gasteiger partial charge in [-0.1, -0.05) is 0 Å². The zero-order valence-corrected chi connectivity index (χ0v) is 11.5. The summed E-state index contributed by atoms with van der Waals surface area (Å²) in [5, 5.41) is 6.96. The number of aromatic nitrogens is 1. The SMILES string of the molecule is Cc1nc(C(C)N2CCCC3CNCC32)cs1. The summed E-state index contributed by atoms with van der Waals surface area (Å²) in [5.41, 5.74) is 1.26. The van der Waals surface area contributed by atoms with Crippen molar-refractivity contribution in [1.29, 1.82) is 0 Å². The Bertz CT molecular complexity index is 390. The van der Waals surface area contributed by atoms with E-state index in [0.29, 0.717) is 6.04 Å². The van der Waals surface area contributed by atoms with Crippen LogP contribution < -0.4 is 5.32 Å². The molecule has 2 fully saturated rings. The van der Waals surface area contributed by atoms with Crippen molar-refractivity contribution in [3.8, 4) is 0 Å². The van der Waals surface area contributed by atoms with Crippen LogP contribution in [-0.4, -0.2) is 35.6 Å². The van der Waals surface area contributed by atoms with Gasteiger partial charge in [0, 0.05) is 18.0 Å². The molecular weight excluding hydrogens is 230 g/mol. The molecule has 2 aliphatic heterocycles. The Morgan fingerprint density at radius 1 is 1.53 bits per heavy atom. The number of rotatable bonds is 2. The summed E-state index contributed by atoms with van der Waals surface area (Å²) in [6.45, 7) is 8.02. The monoisotopic (exact) mass is 251 g/mol. The number of likely N-dealkylation sites (tertiary alicyclic amines) is 1. The molecule has 0 aromatic carbocycles. The highest BCUT2D eigenvalue weighted by atomic mass is 32.1. The normalized spacial score (nSPS) is 31.4. The zero-order valence-electron chi connectivity index (χ0n) is 10.6. The summed E-state index contributed by atoms with van der Waals surface area (Å²) >= 11 is 1.77. The van der Waals surface area contributed by atoms with Crippen molar-refractivity contribution in [3.63, 3.8) is 0 Å². The molecule has 0 spiro atoms. The van der Waals surface area contributed by atoms with Crippen LogP contribution >= 0.6 is 11.3 Å². The molecule has 1 aromatic heterocycles. The largest absolute Gasteiger partial charge is 0.315 e. The van der Waals surface area contributed by atoms with E-state index < -0.39 is 0 Å². The van der Waals surface area contributed by atoms with E-state index in [1.165, 1.54) is 36.6 Å². The van der Waals surface area contributed by atoms with Gasteiger partial charge in [-0.15, -0.1) is 11.3 Å². The van der Waals surface area contributed by atoms with E-state index in [1.807, 2.05) is 0 Å². The first-order chi connectivity index (χ1) is 8.25. The second-order valence-electron chi connectivity index (χ2n) is 5.33. The van der Waals surface area contributed by atoms with Gasteiger partial charge >= 0.3 is 0 Å². The van der Waals surface area contributed by atoms with Crippen molar-refractivity contribution >= 4 is 11.3 Å². The lowest BCUT2D eigenvalue weighted by Crippen LogP contribution is -2.46. The first-order valence-electron chi connectivity index (χ1n) is 6.64. The minimum absolute atomic E-state index is 0.479. The zero-order chi connectivity index (χ0) is 11.8. The maximum absolute atomic E-state index is 4.66. The van der Waals surface area contributed by atoms with E-state index in [2.05, 4.69) is 34.4 Å². The molecule has 2 saturated heterocycles. The minimum atomic E-state index is 0.479. The number of nitrogens with one attached hydrogen (secondary N) is 1. The van der Waals surface area contributed by atoms with E-state index in [1.54, 1.807) is 11.3 Å². The molecule has 1 aromatic rings. The van der Waals surface area contributed by atoms with Crippen LogP contribution in [0, 0.1) is 12.8 Å². The number of nitrogens with zero attached hydrogens (tertiary/aromatic N) is 2. The summed E-state index contributed by atoms with van der Waals surface area (Å²) < 4.78 is 0. The molecule has 94 valence electrons. The maximum atomic E-state index is 4.66. The van der Waals surface area contributed by atoms with Crippen LogP contribution in [0.5, 0.6) is 0 Å². The molecular formula is C13H21N3S. The maximum Gasteiger partial charge on any atom is 0.0898 e. The molecule has 3 rings (SSSR count). The Kier molecular flexibility index (Phi) is 3.19. The summed E-state index contributed by atoms with van der Waals surface area (Å²) in [4.78, 5) is 7.33. The van der Waals surface area contributed by atoms with Gasteiger partial charge in [-0.2, -0.15) is 0 Å². The average Bonchev–Trinajstić information content (AvgIpc) is 2.95. The Hall–Kier alpha value is -0.450. The highest BCUT2D eigenvalue weighted by Crippen LogP contribution is 2.33. The number of hydrogen-bond acceptors (Lipinski definition) is 4.